The molecule has 0 spiro atoms. The maximum absolute atomic E-state index is 12.5. The zero-order valence-electron chi connectivity index (χ0n) is 11.2. The lowest BCUT2D eigenvalue weighted by molar-refractivity contribution is -0.136. The van der Waals surface area contributed by atoms with Crippen LogP contribution in [0, 0.1) is 6.04 Å². The Bertz CT molecular complexity index is 769. The quantitative estimate of drug-likeness (QED) is 0.859. The van der Waals surface area contributed by atoms with Crippen LogP contribution in [0.2, 0.25) is 0 Å². The second-order valence-electron chi connectivity index (χ2n) is 4.68. The van der Waals surface area contributed by atoms with Crippen LogP contribution in [0.3, 0.4) is 0 Å². The van der Waals surface area contributed by atoms with Crippen molar-refractivity contribution in [1.82, 2.24) is 4.31 Å². The first kappa shape index (κ1) is 15.9. The lowest BCUT2D eigenvalue weighted by Crippen LogP contribution is -2.34. The smallest absolute Gasteiger partial charge is 0.327 e. The van der Waals surface area contributed by atoms with E-state index in [-0.39, 0.29) is 28.8 Å². The van der Waals surface area contributed by atoms with E-state index in [1.165, 1.54) is 18.2 Å². The summed E-state index contributed by atoms with van der Waals surface area (Å²) < 4.78 is 48.8. The molecule has 1 saturated heterocycles. The van der Waals surface area contributed by atoms with Crippen molar-refractivity contribution in [2.24, 2.45) is 0 Å². The highest BCUT2D eigenvalue weighted by molar-refractivity contribution is 7.91. The molecule has 1 heterocycles. The molecule has 0 aromatic heterocycles. The van der Waals surface area contributed by atoms with Gasteiger partial charge in [-0.25, -0.2) is 16.8 Å². The fourth-order valence-corrected chi connectivity index (χ4v) is 4.47. The molecular formula is C12H14NO6S2. The highest BCUT2D eigenvalue weighted by Crippen LogP contribution is 2.31. The van der Waals surface area contributed by atoms with Crippen LogP contribution >= 0.6 is 0 Å². The van der Waals surface area contributed by atoms with Crippen LogP contribution in [0.15, 0.2) is 34.1 Å². The number of nitrogens with zero attached hydrogens (tertiary/aromatic N) is 1. The van der Waals surface area contributed by atoms with Gasteiger partial charge in [0.25, 0.3) is 0 Å². The van der Waals surface area contributed by atoms with E-state index in [1.807, 2.05) is 0 Å². The molecule has 1 aliphatic rings. The number of rotatable bonds is 4. The molecule has 21 heavy (non-hydrogen) atoms. The lowest BCUT2D eigenvalue weighted by Gasteiger charge is -2.20. The van der Waals surface area contributed by atoms with Crippen molar-refractivity contribution in [2.45, 2.75) is 22.6 Å². The summed E-state index contributed by atoms with van der Waals surface area (Å²) in [5.41, 5.74) is 0. The van der Waals surface area contributed by atoms with Gasteiger partial charge in [0.2, 0.25) is 10.0 Å². The van der Waals surface area contributed by atoms with Crippen molar-refractivity contribution < 1.29 is 26.7 Å². The van der Waals surface area contributed by atoms with Crippen molar-refractivity contribution in [2.75, 3.05) is 12.8 Å². The number of hydrogen-bond acceptors (Lipinski definition) is 5. The Labute approximate surface area is 123 Å². The lowest BCUT2D eigenvalue weighted by atomic mass is 10.2. The van der Waals surface area contributed by atoms with Crippen molar-refractivity contribution >= 4 is 25.8 Å². The molecule has 115 valence electrons. The Hall–Kier alpha value is -1.45. The first-order valence-electron chi connectivity index (χ1n) is 6.06. The van der Waals surface area contributed by atoms with E-state index in [1.54, 1.807) is 0 Å². The third-order valence-electron chi connectivity index (χ3n) is 3.14. The van der Waals surface area contributed by atoms with Crippen LogP contribution in [0.5, 0.6) is 0 Å². The van der Waals surface area contributed by atoms with Gasteiger partial charge in [-0.05, 0) is 31.0 Å². The van der Waals surface area contributed by atoms with E-state index in [9.17, 15) is 21.6 Å². The van der Waals surface area contributed by atoms with Gasteiger partial charge in [-0.3, -0.25) is 4.79 Å². The monoisotopic (exact) mass is 332 g/mol. The third kappa shape index (κ3) is 3.09. The van der Waals surface area contributed by atoms with E-state index >= 15 is 0 Å². The normalized spacial score (nSPS) is 18.0. The highest BCUT2D eigenvalue weighted by Gasteiger charge is 2.40. The summed E-state index contributed by atoms with van der Waals surface area (Å²) in [4.78, 5) is 10.7. The van der Waals surface area contributed by atoms with E-state index in [2.05, 4.69) is 0 Å². The Morgan fingerprint density at radius 3 is 2.38 bits per heavy atom. The van der Waals surface area contributed by atoms with Gasteiger partial charge in [-0.15, -0.1) is 0 Å². The average molecular weight is 332 g/mol. The van der Waals surface area contributed by atoms with Gasteiger partial charge in [0, 0.05) is 12.8 Å². The summed E-state index contributed by atoms with van der Waals surface area (Å²) in [5.74, 6) is -1.28. The van der Waals surface area contributed by atoms with Crippen LogP contribution in [0.4, 0.5) is 0 Å². The van der Waals surface area contributed by atoms with Crippen LogP contribution in [-0.4, -0.2) is 45.0 Å². The van der Waals surface area contributed by atoms with Crippen molar-refractivity contribution in [3.8, 4) is 0 Å². The van der Waals surface area contributed by atoms with E-state index in [4.69, 9.17) is 5.11 Å². The summed E-state index contributed by atoms with van der Waals surface area (Å²) in [7, 11) is -7.61. The number of carboxylic acid groups (broad SMARTS) is 1. The Morgan fingerprint density at radius 2 is 1.81 bits per heavy atom. The average Bonchev–Trinajstić information content (AvgIpc) is 2.88. The summed E-state index contributed by atoms with van der Waals surface area (Å²) in [6, 6.07) is 4.71. The van der Waals surface area contributed by atoms with Gasteiger partial charge in [-0.2, -0.15) is 4.31 Å². The maximum Gasteiger partial charge on any atom is 0.327 e. The maximum atomic E-state index is 12.5. The Morgan fingerprint density at radius 1 is 1.19 bits per heavy atom. The first-order valence-corrected chi connectivity index (χ1v) is 9.39. The van der Waals surface area contributed by atoms with Gasteiger partial charge in [-0.1, -0.05) is 6.07 Å². The van der Waals surface area contributed by atoms with Gasteiger partial charge < -0.3 is 5.11 Å². The van der Waals surface area contributed by atoms with Gasteiger partial charge in [0.05, 0.1) is 9.79 Å². The van der Waals surface area contributed by atoms with Crippen LogP contribution < -0.4 is 0 Å². The summed E-state index contributed by atoms with van der Waals surface area (Å²) >= 11 is 0. The Kier molecular flexibility index (Phi) is 4.09. The molecule has 9 heteroatoms. The number of sulfonamides is 1. The summed E-state index contributed by atoms with van der Waals surface area (Å²) in [6.45, 7) is 0.0765. The molecule has 0 bridgehead atoms. The molecule has 7 nitrogen and oxygen atoms in total. The SMILES string of the molecule is CS(=O)(=O)c1cccc(S(=O)(=O)N2CCC[C]2C(=O)O)c1. The largest absolute Gasteiger partial charge is 0.480 e. The minimum absolute atomic E-state index is 0.0765. The molecule has 1 fully saturated rings. The second kappa shape index (κ2) is 5.39. The fourth-order valence-electron chi connectivity index (χ4n) is 2.12. The predicted molar refractivity (Wildman–Crippen MR) is 73.6 cm³/mol. The molecule has 0 atom stereocenters. The number of aliphatic carboxylic acids is 1. The Balaban J connectivity index is 2.48. The van der Waals surface area contributed by atoms with Crippen LogP contribution in [-0.2, 0) is 24.7 Å². The number of sulfone groups is 1. The van der Waals surface area contributed by atoms with Crippen molar-refractivity contribution in [1.29, 1.82) is 0 Å². The number of hydrogen-bond donors (Lipinski definition) is 1. The number of carbonyl (C=O) groups is 1. The van der Waals surface area contributed by atoms with Gasteiger partial charge >= 0.3 is 5.97 Å². The van der Waals surface area contributed by atoms with Crippen LogP contribution in [0.1, 0.15) is 12.8 Å². The summed E-state index contributed by atoms with van der Waals surface area (Å²) in [6.07, 6.45) is 1.57. The van der Waals surface area contributed by atoms with Gasteiger partial charge in [0.1, 0.15) is 0 Å². The van der Waals surface area contributed by atoms with E-state index in [0.29, 0.717) is 6.42 Å². The predicted octanol–water partition coefficient (Wildman–Crippen LogP) is 0.491. The molecule has 2 rings (SSSR count). The minimum Gasteiger partial charge on any atom is -0.480 e. The molecule has 1 radical (unpaired) electrons. The van der Waals surface area contributed by atoms with Crippen molar-refractivity contribution in [3.05, 3.63) is 30.3 Å². The first-order chi connectivity index (χ1) is 9.64. The zero-order chi connectivity index (χ0) is 15.8. The number of carboxylic acids is 1. The molecule has 1 aliphatic heterocycles. The molecule has 1 N–H and O–H groups in total. The molecule has 1 aromatic carbocycles. The van der Waals surface area contributed by atoms with Crippen LogP contribution in [0.25, 0.3) is 0 Å². The molecular weight excluding hydrogens is 318 g/mol. The fraction of sp³-hybridized carbons (Fsp3) is 0.333. The topological polar surface area (TPSA) is 109 Å². The third-order valence-corrected chi connectivity index (χ3v) is 6.09. The van der Waals surface area contributed by atoms with Crippen molar-refractivity contribution in [3.63, 3.8) is 0 Å². The van der Waals surface area contributed by atoms with E-state index < -0.39 is 25.8 Å². The molecule has 0 amide bonds. The van der Waals surface area contributed by atoms with E-state index in [0.717, 1.165) is 16.6 Å². The second-order valence-corrected chi connectivity index (χ2v) is 8.56. The minimum atomic E-state index is -4.06. The molecule has 1 aromatic rings. The molecule has 0 saturated carbocycles. The molecule has 0 unspecified atom stereocenters. The standard InChI is InChI=1S/C12H14NO6S2/c1-20(16,17)9-4-2-5-10(8-9)21(18,19)13-7-3-6-11(13)12(14)15/h2,4-5,8H,3,6-7H2,1H3,(H,14,15). The number of benzene rings is 1. The summed E-state index contributed by atoms with van der Waals surface area (Å²) in [5, 5.41) is 9.04. The van der Waals surface area contributed by atoms with Gasteiger partial charge in [0.15, 0.2) is 15.9 Å². The zero-order valence-corrected chi connectivity index (χ0v) is 12.8. The molecule has 0 aliphatic carbocycles. The highest BCUT2D eigenvalue weighted by atomic mass is 32.2.